The van der Waals surface area contributed by atoms with Gasteiger partial charge in [0.05, 0.1) is 26.2 Å². The van der Waals surface area contributed by atoms with E-state index in [4.69, 9.17) is 0 Å². The van der Waals surface area contributed by atoms with Gasteiger partial charge in [0.15, 0.2) is 0 Å². The Morgan fingerprint density at radius 1 is 0.442 bits per heavy atom. The lowest BCUT2D eigenvalue weighted by molar-refractivity contribution is -0.929. The van der Waals surface area contributed by atoms with Crippen molar-refractivity contribution in [1.82, 2.24) is 0 Å². The highest BCUT2D eigenvalue weighted by Gasteiger charge is 2.25. The summed E-state index contributed by atoms with van der Waals surface area (Å²) in [4.78, 5) is 0. The normalized spacial score (nSPS) is 11.1. The fourth-order valence-corrected chi connectivity index (χ4v) is 6.28. The maximum Gasteiger partial charge on any atom is 0.241 e. The summed E-state index contributed by atoms with van der Waals surface area (Å²) in [6.45, 7) is 15.3. The van der Waals surface area contributed by atoms with Gasteiger partial charge in [-0.05, 0) is 43.2 Å². The summed E-state index contributed by atoms with van der Waals surface area (Å²) in [6, 6.07) is 41.2. The van der Waals surface area contributed by atoms with E-state index in [1.54, 1.807) is 0 Å². The van der Waals surface area contributed by atoms with Gasteiger partial charge in [-0.2, -0.15) is 0 Å². The Kier molecular flexibility index (Phi) is 16.0. The molecule has 1 nitrogen and oxygen atoms in total. The lowest BCUT2D eigenvalue weighted by Gasteiger charge is -2.39. The number of nitrogens with zero attached hydrogens (tertiary/aromatic N) is 1. The summed E-state index contributed by atoms with van der Waals surface area (Å²) in [5.74, 6) is 0. The van der Waals surface area contributed by atoms with E-state index in [0.29, 0.717) is 0 Å². The summed E-state index contributed by atoms with van der Waals surface area (Å²) in [7, 11) is 0. The summed E-state index contributed by atoms with van der Waals surface area (Å²) in [6.07, 6.45) is 12.0. The molecule has 0 fully saturated rings. The topological polar surface area (TPSA) is 0 Å². The molecular weight excluding hydrogens is 517 g/mol. The summed E-state index contributed by atoms with van der Waals surface area (Å²) in [5.41, 5.74) is 6.78. The molecular formula is C41H57BN+. The predicted molar refractivity (Wildman–Crippen MR) is 193 cm³/mol. The highest BCUT2D eigenvalue weighted by molar-refractivity contribution is 6.95. The Bertz CT molecular complexity index is 1160. The first kappa shape index (κ1) is 34.4. The third-order valence-corrected chi connectivity index (χ3v) is 8.81. The van der Waals surface area contributed by atoms with Crippen LogP contribution < -0.4 is 16.4 Å². The van der Waals surface area contributed by atoms with E-state index in [9.17, 15) is 0 Å². The number of benzene rings is 4. The van der Waals surface area contributed by atoms with Gasteiger partial charge in [0.1, 0.15) is 0 Å². The van der Waals surface area contributed by atoms with Crippen molar-refractivity contribution in [3.05, 3.63) is 126 Å². The molecule has 0 bridgehead atoms. The molecule has 4 aromatic carbocycles. The van der Waals surface area contributed by atoms with E-state index in [-0.39, 0.29) is 6.71 Å². The standard InChI is InChI=1S/C25H21B.C16H36N/c1-4-12-21(13-5-1)20-22-14-10-11-19-25(22)26(23-15-6-2-7-16-23)24-17-8-3-9-18-24;1-5-9-13-17(14-10-6-2,15-11-7-3)16-12-8-4/h1-19H,20H2;5-16H2,1-4H3/q;+1. The van der Waals surface area contributed by atoms with Gasteiger partial charge in [0.2, 0.25) is 6.71 Å². The molecule has 0 aliphatic carbocycles. The van der Waals surface area contributed by atoms with E-state index < -0.39 is 0 Å². The molecule has 4 rings (SSSR count). The van der Waals surface area contributed by atoms with Crippen LogP contribution in [-0.4, -0.2) is 37.4 Å². The largest absolute Gasteiger partial charge is 0.324 e. The van der Waals surface area contributed by atoms with Crippen molar-refractivity contribution < 1.29 is 4.48 Å². The predicted octanol–water partition coefficient (Wildman–Crippen LogP) is 8.80. The van der Waals surface area contributed by atoms with Gasteiger partial charge in [-0.15, -0.1) is 0 Å². The molecule has 0 amide bonds. The highest BCUT2D eigenvalue weighted by atomic mass is 15.3. The molecule has 2 heteroatoms. The van der Waals surface area contributed by atoms with Gasteiger partial charge in [-0.3, -0.25) is 0 Å². The fraction of sp³-hybridized carbons (Fsp3) is 0.415. The van der Waals surface area contributed by atoms with Gasteiger partial charge in [0.25, 0.3) is 0 Å². The molecule has 0 aromatic heterocycles. The molecule has 0 saturated carbocycles. The van der Waals surface area contributed by atoms with Gasteiger partial charge in [-0.25, -0.2) is 0 Å². The van der Waals surface area contributed by atoms with Crippen LogP contribution in [0, 0.1) is 0 Å². The lowest BCUT2D eigenvalue weighted by Crippen LogP contribution is -2.53. The van der Waals surface area contributed by atoms with Crippen molar-refractivity contribution in [2.45, 2.75) is 85.5 Å². The Morgan fingerprint density at radius 3 is 1.23 bits per heavy atom. The van der Waals surface area contributed by atoms with Crippen molar-refractivity contribution in [2.75, 3.05) is 26.2 Å². The molecule has 0 aliphatic rings. The van der Waals surface area contributed by atoms with Gasteiger partial charge in [0, 0.05) is 0 Å². The summed E-state index contributed by atoms with van der Waals surface area (Å²) in [5, 5.41) is 0. The van der Waals surface area contributed by atoms with Crippen LogP contribution in [0.25, 0.3) is 0 Å². The molecule has 0 N–H and O–H groups in total. The zero-order chi connectivity index (χ0) is 30.6. The van der Waals surface area contributed by atoms with Gasteiger partial charge in [-0.1, -0.05) is 185 Å². The zero-order valence-corrected chi connectivity index (χ0v) is 27.7. The minimum Gasteiger partial charge on any atom is -0.324 e. The average Bonchev–Trinajstić information content (AvgIpc) is 3.07. The van der Waals surface area contributed by atoms with Crippen molar-refractivity contribution in [3.8, 4) is 0 Å². The van der Waals surface area contributed by atoms with Crippen molar-refractivity contribution in [2.24, 2.45) is 0 Å². The Hall–Kier alpha value is -3.10. The van der Waals surface area contributed by atoms with Crippen LogP contribution in [0.3, 0.4) is 0 Å². The Balaban J connectivity index is 0.000000261. The number of quaternary nitrogens is 1. The maximum atomic E-state index is 2.33. The van der Waals surface area contributed by atoms with Gasteiger partial charge < -0.3 is 4.48 Å². The monoisotopic (exact) mass is 574 g/mol. The molecule has 0 heterocycles. The van der Waals surface area contributed by atoms with Crippen molar-refractivity contribution in [3.63, 3.8) is 0 Å². The number of hydrogen-bond acceptors (Lipinski definition) is 0. The molecule has 0 atom stereocenters. The molecule has 228 valence electrons. The first-order valence-electron chi connectivity index (χ1n) is 17.2. The van der Waals surface area contributed by atoms with E-state index >= 15 is 0 Å². The van der Waals surface area contributed by atoms with Gasteiger partial charge >= 0.3 is 0 Å². The van der Waals surface area contributed by atoms with E-state index in [1.165, 1.54) is 110 Å². The molecule has 0 unspecified atom stereocenters. The minimum absolute atomic E-state index is 0.248. The van der Waals surface area contributed by atoms with Crippen LogP contribution in [0.5, 0.6) is 0 Å². The molecule has 4 aromatic rings. The van der Waals surface area contributed by atoms with Crippen LogP contribution in [0.15, 0.2) is 115 Å². The maximum absolute atomic E-state index is 2.33. The molecule has 43 heavy (non-hydrogen) atoms. The SMILES string of the molecule is CCCC[N+](CCCC)(CCCC)CCCC.c1ccc(Cc2ccccc2B(c2ccccc2)c2ccccc2)cc1. The lowest BCUT2D eigenvalue weighted by atomic mass is 9.36. The molecule has 0 spiro atoms. The Labute approximate surface area is 265 Å². The van der Waals surface area contributed by atoms with Crippen molar-refractivity contribution >= 4 is 23.1 Å². The number of unbranched alkanes of at least 4 members (excludes halogenated alkanes) is 4. The van der Waals surface area contributed by atoms with Crippen LogP contribution in [0.2, 0.25) is 0 Å². The fourth-order valence-electron chi connectivity index (χ4n) is 6.28. The molecule has 0 aliphatic heterocycles. The first-order valence-corrected chi connectivity index (χ1v) is 17.2. The number of rotatable bonds is 17. The van der Waals surface area contributed by atoms with Crippen molar-refractivity contribution in [1.29, 1.82) is 0 Å². The minimum atomic E-state index is 0.248. The zero-order valence-electron chi connectivity index (χ0n) is 27.7. The van der Waals surface area contributed by atoms with Crippen LogP contribution in [0.4, 0.5) is 0 Å². The smallest absolute Gasteiger partial charge is 0.241 e. The summed E-state index contributed by atoms with van der Waals surface area (Å²) < 4.78 is 1.42. The molecule has 0 radical (unpaired) electrons. The average molecular weight is 575 g/mol. The second-order valence-electron chi connectivity index (χ2n) is 12.3. The molecule has 0 saturated heterocycles. The number of hydrogen-bond donors (Lipinski definition) is 0. The van der Waals surface area contributed by atoms with Crippen LogP contribution in [-0.2, 0) is 6.42 Å². The van der Waals surface area contributed by atoms with Crippen LogP contribution >= 0.6 is 0 Å². The summed E-state index contributed by atoms with van der Waals surface area (Å²) >= 11 is 0. The Morgan fingerprint density at radius 2 is 0.814 bits per heavy atom. The highest BCUT2D eigenvalue weighted by Crippen LogP contribution is 2.16. The van der Waals surface area contributed by atoms with E-state index in [1.807, 2.05) is 0 Å². The first-order chi connectivity index (χ1) is 21.2. The quantitative estimate of drug-likeness (QED) is 0.0873. The third kappa shape index (κ3) is 11.5. The second kappa shape index (κ2) is 20.0. The second-order valence-corrected chi connectivity index (χ2v) is 12.3. The van der Waals surface area contributed by atoms with Crippen LogP contribution in [0.1, 0.15) is 90.2 Å². The third-order valence-electron chi connectivity index (χ3n) is 8.81. The van der Waals surface area contributed by atoms with E-state index in [0.717, 1.165) is 6.42 Å². The van der Waals surface area contributed by atoms with E-state index in [2.05, 4.69) is 143 Å².